The van der Waals surface area contributed by atoms with Crippen molar-refractivity contribution in [3.05, 3.63) is 59.9 Å². The van der Waals surface area contributed by atoms with Gasteiger partial charge in [-0.25, -0.2) is 0 Å². The van der Waals surface area contributed by atoms with Crippen molar-refractivity contribution in [2.45, 2.75) is 6.04 Å². The maximum atomic E-state index is 12.4. The summed E-state index contributed by atoms with van der Waals surface area (Å²) in [5, 5.41) is 6.22. The summed E-state index contributed by atoms with van der Waals surface area (Å²) in [6, 6.07) is 13.1. The number of methoxy groups -OCH3 is 1. The highest BCUT2D eigenvalue weighted by Crippen LogP contribution is 2.29. The topological polar surface area (TPSA) is 63.2 Å². The number of para-hydroxylation sites is 1. The maximum absolute atomic E-state index is 12.4. The summed E-state index contributed by atoms with van der Waals surface area (Å²) in [5.41, 5.74) is 1.71. The van der Waals surface area contributed by atoms with Gasteiger partial charge in [-0.05, 0) is 18.2 Å². The summed E-state index contributed by atoms with van der Waals surface area (Å²) in [6.45, 7) is 1.46. The Hall–Kier alpha value is -2.40. The Balaban J connectivity index is 1.93. The fourth-order valence-corrected chi connectivity index (χ4v) is 2.50. The molecule has 2 aromatic rings. The number of ether oxygens (including phenoxy) is 1. The van der Waals surface area contributed by atoms with Crippen LogP contribution in [0.3, 0.4) is 0 Å². The quantitative estimate of drug-likeness (QED) is 0.878. The molecule has 0 bridgehead atoms. The zero-order valence-corrected chi connectivity index (χ0v) is 12.5. The van der Waals surface area contributed by atoms with E-state index in [0.29, 0.717) is 0 Å². The van der Waals surface area contributed by atoms with Crippen LogP contribution in [0.15, 0.2) is 48.7 Å². The smallest absolute Gasteiger partial charge is 0.226 e. The van der Waals surface area contributed by atoms with Gasteiger partial charge in [-0.15, -0.1) is 0 Å². The second-order valence-corrected chi connectivity index (χ2v) is 5.29. The van der Waals surface area contributed by atoms with Crippen LogP contribution in [0, 0.1) is 5.92 Å². The maximum Gasteiger partial charge on any atom is 0.226 e. The molecule has 0 aliphatic carbocycles. The molecule has 5 heteroatoms. The van der Waals surface area contributed by atoms with E-state index in [4.69, 9.17) is 4.74 Å². The standard InChI is InChI=1S/C17H19N3O2/c1-22-15-8-3-2-6-13(15)16(14-7-4-5-9-19-14)20-17(21)12-10-18-11-12/h2-9,12,16,18H,10-11H2,1H3,(H,20,21). The summed E-state index contributed by atoms with van der Waals surface area (Å²) in [5.74, 6) is 0.811. The molecular formula is C17H19N3O2. The van der Waals surface area contributed by atoms with E-state index in [1.165, 1.54) is 0 Å². The van der Waals surface area contributed by atoms with Gasteiger partial charge in [-0.2, -0.15) is 0 Å². The highest BCUT2D eigenvalue weighted by molar-refractivity contribution is 5.81. The average molecular weight is 297 g/mol. The lowest BCUT2D eigenvalue weighted by atomic mass is 9.98. The molecule has 1 amide bonds. The lowest BCUT2D eigenvalue weighted by Gasteiger charge is -2.29. The molecule has 22 heavy (non-hydrogen) atoms. The fourth-order valence-electron chi connectivity index (χ4n) is 2.50. The van der Waals surface area contributed by atoms with Gasteiger partial charge in [0.05, 0.1) is 24.8 Å². The van der Waals surface area contributed by atoms with E-state index < -0.39 is 0 Å². The van der Waals surface area contributed by atoms with E-state index in [-0.39, 0.29) is 17.9 Å². The number of pyridine rings is 1. The lowest BCUT2D eigenvalue weighted by molar-refractivity contribution is -0.126. The van der Waals surface area contributed by atoms with Crippen molar-refractivity contribution in [1.82, 2.24) is 15.6 Å². The van der Waals surface area contributed by atoms with Crippen LogP contribution in [0.1, 0.15) is 17.3 Å². The molecule has 1 fully saturated rings. The molecule has 0 saturated carbocycles. The van der Waals surface area contributed by atoms with Crippen LogP contribution in [-0.2, 0) is 4.79 Å². The molecule has 3 rings (SSSR count). The number of nitrogens with one attached hydrogen (secondary N) is 2. The van der Waals surface area contributed by atoms with Gasteiger partial charge in [0.1, 0.15) is 5.75 Å². The number of hydrogen-bond donors (Lipinski definition) is 2. The predicted octanol–water partition coefficient (Wildman–Crippen LogP) is 1.52. The Morgan fingerprint density at radius 3 is 2.68 bits per heavy atom. The lowest BCUT2D eigenvalue weighted by Crippen LogP contribution is -2.51. The molecule has 114 valence electrons. The van der Waals surface area contributed by atoms with Gasteiger partial charge in [0.2, 0.25) is 5.91 Å². The summed E-state index contributed by atoms with van der Waals surface area (Å²) in [4.78, 5) is 16.8. The van der Waals surface area contributed by atoms with Crippen molar-refractivity contribution in [2.75, 3.05) is 20.2 Å². The van der Waals surface area contributed by atoms with Gasteiger partial charge in [-0.1, -0.05) is 24.3 Å². The molecule has 1 aliphatic heterocycles. The van der Waals surface area contributed by atoms with Gasteiger partial charge < -0.3 is 15.4 Å². The van der Waals surface area contributed by atoms with Crippen molar-refractivity contribution < 1.29 is 9.53 Å². The molecule has 1 atom stereocenters. The summed E-state index contributed by atoms with van der Waals surface area (Å²) >= 11 is 0. The minimum Gasteiger partial charge on any atom is -0.496 e. The number of hydrogen-bond acceptors (Lipinski definition) is 4. The highest BCUT2D eigenvalue weighted by atomic mass is 16.5. The fraction of sp³-hybridized carbons (Fsp3) is 0.294. The van der Waals surface area contributed by atoms with Crippen molar-refractivity contribution >= 4 is 5.91 Å². The van der Waals surface area contributed by atoms with Crippen LogP contribution < -0.4 is 15.4 Å². The first-order valence-corrected chi connectivity index (χ1v) is 7.34. The third-order valence-corrected chi connectivity index (χ3v) is 3.87. The van der Waals surface area contributed by atoms with E-state index in [1.54, 1.807) is 13.3 Å². The summed E-state index contributed by atoms with van der Waals surface area (Å²) < 4.78 is 5.44. The van der Waals surface area contributed by atoms with Gasteiger partial charge in [0, 0.05) is 24.8 Å². The van der Waals surface area contributed by atoms with Crippen LogP contribution in [-0.4, -0.2) is 31.1 Å². The average Bonchev–Trinajstić information content (AvgIpc) is 2.52. The Morgan fingerprint density at radius 2 is 2.05 bits per heavy atom. The SMILES string of the molecule is COc1ccccc1C(NC(=O)C1CNC1)c1ccccn1. The largest absolute Gasteiger partial charge is 0.496 e. The molecule has 5 nitrogen and oxygen atoms in total. The first-order chi connectivity index (χ1) is 10.8. The Kier molecular flexibility index (Phi) is 4.34. The van der Waals surface area contributed by atoms with E-state index in [9.17, 15) is 4.79 Å². The third kappa shape index (κ3) is 2.94. The van der Waals surface area contributed by atoms with Gasteiger partial charge in [0.25, 0.3) is 0 Å². The summed E-state index contributed by atoms with van der Waals surface area (Å²) in [7, 11) is 1.63. The molecule has 1 saturated heterocycles. The zero-order chi connectivity index (χ0) is 15.4. The highest BCUT2D eigenvalue weighted by Gasteiger charge is 2.29. The monoisotopic (exact) mass is 297 g/mol. The van der Waals surface area contributed by atoms with Crippen LogP contribution in [0.4, 0.5) is 0 Å². The molecule has 1 aliphatic rings. The molecule has 2 heterocycles. The van der Waals surface area contributed by atoms with Gasteiger partial charge in [-0.3, -0.25) is 9.78 Å². The normalized spacial score (nSPS) is 15.7. The number of carbonyl (C=O) groups is 1. The molecule has 0 radical (unpaired) electrons. The van der Waals surface area contributed by atoms with Crippen LogP contribution in [0.5, 0.6) is 5.75 Å². The van der Waals surface area contributed by atoms with Gasteiger partial charge in [0.15, 0.2) is 0 Å². The minimum atomic E-state index is -0.314. The Morgan fingerprint density at radius 1 is 1.27 bits per heavy atom. The number of aromatic nitrogens is 1. The number of carbonyl (C=O) groups excluding carboxylic acids is 1. The van der Waals surface area contributed by atoms with Crippen molar-refractivity contribution in [3.8, 4) is 5.75 Å². The molecule has 2 N–H and O–H groups in total. The number of amides is 1. The summed E-state index contributed by atoms with van der Waals surface area (Å²) in [6.07, 6.45) is 1.73. The second kappa shape index (κ2) is 6.58. The molecule has 1 unspecified atom stereocenters. The first kappa shape index (κ1) is 14.5. The van der Waals surface area contributed by atoms with Crippen molar-refractivity contribution in [3.63, 3.8) is 0 Å². The van der Waals surface area contributed by atoms with E-state index >= 15 is 0 Å². The number of rotatable bonds is 5. The molecule has 1 aromatic carbocycles. The third-order valence-electron chi connectivity index (χ3n) is 3.87. The van der Waals surface area contributed by atoms with Crippen LogP contribution >= 0.6 is 0 Å². The van der Waals surface area contributed by atoms with E-state index in [2.05, 4.69) is 15.6 Å². The first-order valence-electron chi connectivity index (χ1n) is 7.34. The Labute approximate surface area is 129 Å². The molecule has 0 spiro atoms. The van der Waals surface area contributed by atoms with Crippen LogP contribution in [0.2, 0.25) is 0 Å². The van der Waals surface area contributed by atoms with Gasteiger partial charge >= 0.3 is 0 Å². The number of benzene rings is 1. The zero-order valence-electron chi connectivity index (χ0n) is 12.5. The molecule has 1 aromatic heterocycles. The minimum absolute atomic E-state index is 0.0286. The van der Waals surface area contributed by atoms with Crippen molar-refractivity contribution in [1.29, 1.82) is 0 Å². The molecular weight excluding hydrogens is 278 g/mol. The van der Waals surface area contributed by atoms with Crippen LogP contribution in [0.25, 0.3) is 0 Å². The number of nitrogens with zero attached hydrogens (tertiary/aromatic N) is 1. The van der Waals surface area contributed by atoms with E-state index in [1.807, 2.05) is 42.5 Å². The Bertz CT molecular complexity index is 641. The van der Waals surface area contributed by atoms with Crippen molar-refractivity contribution in [2.24, 2.45) is 5.92 Å². The second-order valence-electron chi connectivity index (χ2n) is 5.29. The van der Waals surface area contributed by atoms with E-state index in [0.717, 1.165) is 30.1 Å². The predicted molar refractivity (Wildman–Crippen MR) is 83.6 cm³/mol.